The highest BCUT2D eigenvalue weighted by atomic mass is 16.5. The van der Waals surface area contributed by atoms with Crippen LogP contribution < -0.4 is 26.0 Å². The Morgan fingerprint density at radius 2 is 1.67 bits per heavy atom. The molecule has 4 unspecified atom stereocenters. The second-order valence-corrected chi connectivity index (χ2v) is 14.7. The molecule has 0 radical (unpaired) electrons. The predicted octanol–water partition coefficient (Wildman–Crippen LogP) is 3.73. The number of carboxylic acid groups (broad SMARTS) is 1. The number of nitrogens with one attached hydrogen (secondary N) is 4. The van der Waals surface area contributed by atoms with Crippen molar-refractivity contribution in [1.82, 2.24) is 26.2 Å². The standard InChI is InChI=1S/C43H59N5O9/c1-3-13-32(45-38(43(55)56)31-18-9-6-10-19-31)28-44-41(53)39(51)34(14-4-2)46-40(52)35-21-12-24-48(35)42(54)37(30-16-7-5-8-17-30)47-36(50)23-22-29-15-11-20-33(27-29)57-26-25-49/h6,9-11,13,15,18-20,27,30,34-35,37-38,45,49H,3-5,7-8,12,14,16-17,21-26,28H2,1-2H3,(H,44,53)(H,46,52)(H,47,50)(H,55,56)/b32-13+. The van der Waals surface area contributed by atoms with E-state index in [4.69, 9.17) is 9.84 Å². The van der Waals surface area contributed by atoms with Crippen LogP contribution in [-0.4, -0.2) is 94.9 Å². The van der Waals surface area contributed by atoms with Gasteiger partial charge in [0.2, 0.25) is 23.5 Å². The molecule has 4 atom stereocenters. The third-order valence-electron chi connectivity index (χ3n) is 10.5. The maximum atomic E-state index is 14.3. The first-order valence-electron chi connectivity index (χ1n) is 20.3. The molecule has 14 nitrogen and oxygen atoms in total. The first kappa shape index (κ1) is 44.5. The van der Waals surface area contributed by atoms with Crippen molar-refractivity contribution >= 4 is 35.4 Å². The van der Waals surface area contributed by atoms with Gasteiger partial charge in [0.15, 0.2) is 0 Å². The second-order valence-electron chi connectivity index (χ2n) is 14.7. The number of ketones is 1. The zero-order valence-electron chi connectivity index (χ0n) is 33.2. The molecule has 0 bridgehead atoms. The number of carbonyl (C=O) groups is 6. The van der Waals surface area contributed by atoms with Crippen molar-refractivity contribution in [2.45, 2.75) is 115 Å². The van der Waals surface area contributed by atoms with E-state index in [1.807, 2.05) is 32.0 Å². The molecule has 1 heterocycles. The number of likely N-dealkylation sites (tertiary alicyclic amines) is 1. The van der Waals surface area contributed by atoms with Crippen LogP contribution >= 0.6 is 0 Å². The number of aliphatic hydroxyl groups excluding tert-OH is 1. The monoisotopic (exact) mass is 789 g/mol. The zero-order chi connectivity index (χ0) is 41.2. The van der Waals surface area contributed by atoms with Crippen LogP contribution in [0.25, 0.3) is 0 Å². The molecule has 6 N–H and O–H groups in total. The first-order valence-corrected chi connectivity index (χ1v) is 20.3. The zero-order valence-corrected chi connectivity index (χ0v) is 33.2. The molecule has 4 amide bonds. The largest absolute Gasteiger partial charge is 0.491 e. The van der Waals surface area contributed by atoms with E-state index in [0.717, 1.165) is 37.7 Å². The number of benzene rings is 2. The van der Waals surface area contributed by atoms with Crippen molar-refractivity contribution in [2.24, 2.45) is 5.92 Å². The molecule has 0 aromatic heterocycles. The summed E-state index contributed by atoms with van der Waals surface area (Å²) in [6, 6.07) is 12.0. The molecular weight excluding hydrogens is 730 g/mol. The van der Waals surface area contributed by atoms with E-state index >= 15 is 0 Å². The van der Waals surface area contributed by atoms with E-state index in [1.165, 1.54) is 4.90 Å². The number of aryl methyl sites for hydroxylation is 1. The van der Waals surface area contributed by atoms with Crippen molar-refractivity contribution in [1.29, 1.82) is 0 Å². The van der Waals surface area contributed by atoms with E-state index in [1.54, 1.807) is 42.5 Å². The van der Waals surface area contributed by atoms with Crippen LogP contribution in [0.5, 0.6) is 5.75 Å². The summed E-state index contributed by atoms with van der Waals surface area (Å²) < 4.78 is 5.49. The van der Waals surface area contributed by atoms with Crippen LogP contribution in [0.15, 0.2) is 66.4 Å². The molecule has 2 aliphatic rings. The molecule has 1 saturated heterocycles. The minimum Gasteiger partial charge on any atom is -0.491 e. The van der Waals surface area contributed by atoms with E-state index < -0.39 is 47.7 Å². The van der Waals surface area contributed by atoms with Crippen LogP contribution in [0.3, 0.4) is 0 Å². The van der Waals surface area contributed by atoms with Crippen LogP contribution in [0.4, 0.5) is 0 Å². The van der Waals surface area contributed by atoms with Crippen molar-refractivity contribution in [3.63, 3.8) is 0 Å². The summed E-state index contributed by atoms with van der Waals surface area (Å²) in [5, 5.41) is 30.3. The first-order chi connectivity index (χ1) is 27.6. The van der Waals surface area contributed by atoms with Gasteiger partial charge in [0.1, 0.15) is 30.5 Å². The number of amides is 4. The second kappa shape index (κ2) is 23.1. The van der Waals surface area contributed by atoms with E-state index in [-0.39, 0.29) is 50.3 Å². The average Bonchev–Trinajstić information content (AvgIpc) is 3.73. The minimum atomic E-state index is -1.14. The molecule has 2 fully saturated rings. The maximum absolute atomic E-state index is 14.3. The number of rotatable bonds is 22. The van der Waals surface area contributed by atoms with Gasteiger partial charge in [0, 0.05) is 18.7 Å². The summed E-state index contributed by atoms with van der Waals surface area (Å²) in [6.07, 6.45) is 8.97. The van der Waals surface area contributed by atoms with Crippen LogP contribution in [-0.2, 0) is 35.2 Å². The minimum absolute atomic E-state index is 0.0764. The number of aliphatic hydroxyl groups is 1. The number of nitrogens with zero attached hydrogens (tertiary/aromatic N) is 1. The summed E-state index contributed by atoms with van der Waals surface area (Å²) in [6.45, 7) is 3.94. The number of aliphatic carboxylic acids is 1. The number of hydrogen-bond donors (Lipinski definition) is 6. The van der Waals surface area contributed by atoms with Crippen LogP contribution in [0, 0.1) is 5.92 Å². The normalized spacial score (nSPS) is 17.5. The number of carboxylic acids is 1. The Labute approximate surface area is 335 Å². The fourth-order valence-corrected chi connectivity index (χ4v) is 7.58. The Morgan fingerprint density at radius 1 is 0.912 bits per heavy atom. The third kappa shape index (κ3) is 13.4. The Hall–Kier alpha value is -5.24. The number of Topliss-reactive ketones (excluding diaryl/α,β-unsaturated/α-hetero) is 1. The highest BCUT2D eigenvalue weighted by molar-refractivity contribution is 6.38. The third-order valence-corrected chi connectivity index (χ3v) is 10.5. The Balaban J connectivity index is 1.39. The molecule has 1 aliphatic carbocycles. The van der Waals surface area contributed by atoms with Gasteiger partial charge < -0.3 is 41.1 Å². The Kier molecular flexibility index (Phi) is 18.0. The number of ether oxygens (including phenoxy) is 1. The highest BCUT2D eigenvalue weighted by Crippen LogP contribution is 2.30. The fourth-order valence-electron chi connectivity index (χ4n) is 7.58. The number of hydrogen-bond acceptors (Lipinski definition) is 9. The Morgan fingerprint density at radius 3 is 2.35 bits per heavy atom. The van der Waals surface area contributed by atoms with Gasteiger partial charge in [0.25, 0.3) is 5.91 Å². The lowest BCUT2D eigenvalue weighted by atomic mass is 9.83. The van der Waals surface area contributed by atoms with Crippen LogP contribution in [0.2, 0.25) is 0 Å². The van der Waals surface area contributed by atoms with Crippen molar-refractivity contribution in [2.75, 3.05) is 26.3 Å². The number of carbonyl (C=O) groups excluding carboxylic acids is 5. The van der Waals surface area contributed by atoms with Gasteiger partial charge in [-0.15, -0.1) is 0 Å². The molecule has 57 heavy (non-hydrogen) atoms. The molecule has 2 aromatic carbocycles. The quantitative estimate of drug-likeness (QED) is 0.0955. The molecule has 1 aliphatic heterocycles. The van der Waals surface area contributed by atoms with Gasteiger partial charge in [0.05, 0.1) is 19.2 Å². The lowest BCUT2D eigenvalue weighted by molar-refractivity contribution is -0.144. The smallest absolute Gasteiger partial charge is 0.330 e. The lowest BCUT2D eigenvalue weighted by Gasteiger charge is -2.35. The molecular formula is C43H59N5O9. The lowest BCUT2D eigenvalue weighted by Crippen LogP contribution is -2.58. The molecule has 14 heteroatoms. The summed E-state index contributed by atoms with van der Waals surface area (Å²) in [5.41, 5.74) is 1.83. The molecule has 310 valence electrons. The van der Waals surface area contributed by atoms with Crippen molar-refractivity contribution in [3.05, 3.63) is 77.5 Å². The summed E-state index contributed by atoms with van der Waals surface area (Å²) >= 11 is 0. The van der Waals surface area contributed by atoms with Gasteiger partial charge in [-0.3, -0.25) is 24.0 Å². The topological polar surface area (TPSA) is 203 Å². The summed E-state index contributed by atoms with van der Waals surface area (Å²) in [4.78, 5) is 81.8. The summed E-state index contributed by atoms with van der Waals surface area (Å²) in [5.74, 6) is -3.47. The van der Waals surface area contributed by atoms with E-state index in [0.29, 0.717) is 55.7 Å². The SMILES string of the molecule is CC/C=C(\CNC(=O)C(=O)C(CCC)NC(=O)C1CCCN1C(=O)C(NC(=O)CCc1cccc(OCCO)c1)C1CCCCC1)NC(C(=O)O)c1ccccc1. The van der Waals surface area contributed by atoms with Gasteiger partial charge in [-0.25, -0.2) is 4.79 Å². The highest BCUT2D eigenvalue weighted by Gasteiger charge is 2.41. The predicted molar refractivity (Wildman–Crippen MR) is 214 cm³/mol. The van der Waals surface area contributed by atoms with Gasteiger partial charge in [-0.2, -0.15) is 0 Å². The average molecular weight is 790 g/mol. The van der Waals surface area contributed by atoms with Crippen molar-refractivity contribution < 1.29 is 43.7 Å². The molecule has 4 rings (SSSR count). The van der Waals surface area contributed by atoms with E-state index in [9.17, 15) is 33.9 Å². The van der Waals surface area contributed by atoms with Gasteiger partial charge >= 0.3 is 5.97 Å². The Bertz CT molecular complexity index is 1690. The number of allylic oxidation sites excluding steroid dienone is 1. The van der Waals surface area contributed by atoms with Crippen molar-refractivity contribution in [3.8, 4) is 5.75 Å². The summed E-state index contributed by atoms with van der Waals surface area (Å²) in [7, 11) is 0. The molecule has 1 saturated carbocycles. The van der Waals surface area contributed by atoms with E-state index in [2.05, 4.69) is 21.3 Å². The van der Waals surface area contributed by atoms with Gasteiger partial charge in [-0.05, 0) is 74.1 Å². The van der Waals surface area contributed by atoms with Crippen LogP contribution in [0.1, 0.15) is 102 Å². The molecule has 0 spiro atoms. The maximum Gasteiger partial charge on any atom is 0.330 e. The van der Waals surface area contributed by atoms with Gasteiger partial charge in [-0.1, -0.05) is 88.1 Å². The fraction of sp³-hybridized carbons (Fsp3) is 0.535. The molecule has 2 aromatic rings.